The van der Waals surface area contributed by atoms with Gasteiger partial charge in [-0.3, -0.25) is 4.98 Å². The van der Waals surface area contributed by atoms with Gasteiger partial charge >= 0.3 is 6.18 Å². The van der Waals surface area contributed by atoms with Gasteiger partial charge in [-0.05, 0) is 60.2 Å². The summed E-state index contributed by atoms with van der Waals surface area (Å²) >= 11 is 6.97. The summed E-state index contributed by atoms with van der Waals surface area (Å²) < 4.78 is 44.6. The summed E-state index contributed by atoms with van der Waals surface area (Å²) in [6.45, 7) is 2.96. The Balaban J connectivity index is 1.83. The number of rotatable bonds is 7. The van der Waals surface area contributed by atoms with E-state index in [0.29, 0.717) is 71.6 Å². The lowest BCUT2D eigenvalue weighted by Gasteiger charge is -2.42. The molecule has 1 unspecified atom stereocenters. The molecular weight excluding hydrogens is 517 g/mol. The Morgan fingerprint density at radius 3 is 2.34 bits per heavy atom. The molecule has 10 heteroatoms. The highest BCUT2D eigenvalue weighted by Gasteiger charge is 2.44. The van der Waals surface area contributed by atoms with Crippen LogP contribution in [0.2, 0.25) is 5.02 Å². The molecule has 0 aliphatic carbocycles. The maximum absolute atomic E-state index is 13.0. The molecule has 6 nitrogen and oxygen atoms in total. The van der Waals surface area contributed by atoms with Crippen molar-refractivity contribution in [2.24, 2.45) is 17.5 Å². The number of nitrogens with two attached hydrogens (primary N) is 2. The quantitative estimate of drug-likeness (QED) is 0.274. The Labute approximate surface area is 225 Å². The summed E-state index contributed by atoms with van der Waals surface area (Å²) in [6, 6.07) is 10.5. The average molecular weight is 549 g/mol. The first kappa shape index (κ1) is 28.2. The van der Waals surface area contributed by atoms with Crippen LogP contribution in [0, 0.1) is 5.92 Å². The molecule has 1 aromatic heterocycles. The van der Waals surface area contributed by atoms with Gasteiger partial charge in [0.25, 0.3) is 0 Å². The SMILES string of the molecule is CCc1nc2ccc(C(O)(/C(=C/N)N(C)N)C3CCOCC3)cc2c(Cl)c1Cc1ccc(C(F)(F)F)cc1. The van der Waals surface area contributed by atoms with Gasteiger partial charge in [0.1, 0.15) is 5.60 Å². The van der Waals surface area contributed by atoms with Crippen LogP contribution in [0.1, 0.15) is 47.7 Å². The molecule has 0 bridgehead atoms. The van der Waals surface area contributed by atoms with Crippen molar-refractivity contribution in [3.05, 3.63) is 87.3 Å². The number of halogens is 4. The first-order valence-electron chi connectivity index (χ1n) is 12.5. The molecular formula is C28H32ClF3N4O2. The fourth-order valence-corrected chi connectivity index (χ4v) is 5.59. The minimum Gasteiger partial charge on any atom is -0.403 e. The summed E-state index contributed by atoms with van der Waals surface area (Å²) in [5, 5.41) is 14.6. The van der Waals surface area contributed by atoms with Crippen LogP contribution in [0.5, 0.6) is 0 Å². The Bertz CT molecular complexity index is 1320. The van der Waals surface area contributed by atoms with E-state index in [1.807, 2.05) is 25.1 Å². The number of aryl methyl sites for hydroxylation is 1. The van der Waals surface area contributed by atoms with Crippen molar-refractivity contribution in [1.82, 2.24) is 9.99 Å². The number of pyridine rings is 1. The summed E-state index contributed by atoms with van der Waals surface area (Å²) in [6.07, 6.45) is -0.954. The standard InChI is InChI=1S/C28H32ClF3N4O2/c1-3-23-21(14-17-4-6-19(7-5-17)28(30,31)32)26(29)22-15-20(8-9-24(22)35-23)27(37,25(16-33)36(2)34)18-10-12-38-13-11-18/h4-9,15-16,18,37H,3,10-14,33-34H2,1-2H3/b25-16-. The number of ether oxygens (including phenoxy) is 1. The van der Waals surface area contributed by atoms with Crippen LogP contribution in [-0.2, 0) is 29.4 Å². The lowest BCUT2D eigenvalue weighted by atomic mass is 9.74. The van der Waals surface area contributed by atoms with E-state index in [-0.39, 0.29) is 5.92 Å². The van der Waals surface area contributed by atoms with E-state index in [1.54, 1.807) is 7.05 Å². The van der Waals surface area contributed by atoms with Gasteiger partial charge in [0.2, 0.25) is 0 Å². The van der Waals surface area contributed by atoms with E-state index in [1.165, 1.54) is 23.3 Å². The maximum atomic E-state index is 13.0. The van der Waals surface area contributed by atoms with Crippen molar-refractivity contribution in [3.63, 3.8) is 0 Å². The third-order valence-corrected chi connectivity index (χ3v) is 7.71. The molecule has 2 heterocycles. The second-order valence-corrected chi connectivity index (χ2v) is 10.0. The number of aromatic nitrogens is 1. The van der Waals surface area contributed by atoms with Crippen molar-refractivity contribution < 1.29 is 23.0 Å². The van der Waals surface area contributed by atoms with Crippen LogP contribution in [0.3, 0.4) is 0 Å². The fourth-order valence-electron chi connectivity index (χ4n) is 5.26. The average Bonchev–Trinajstić information content (AvgIpc) is 2.90. The molecule has 1 aliphatic heterocycles. The van der Waals surface area contributed by atoms with Crippen molar-refractivity contribution in [2.75, 3.05) is 20.3 Å². The first-order valence-corrected chi connectivity index (χ1v) is 12.9. The van der Waals surface area contributed by atoms with Crippen molar-refractivity contribution >= 4 is 22.5 Å². The molecule has 3 aromatic rings. The number of alkyl halides is 3. The molecule has 0 radical (unpaired) electrons. The Kier molecular flexibility index (Phi) is 8.23. The number of hydrogen-bond donors (Lipinski definition) is 3. The van der Waals surface area contributed by atoms with E-state index in [2.05, 4.69) is 0 Å². The third kappa shape index (κ3) is 5.33. The van der Waals surface area contributed by atoms with E-state index in [0.717, 1.165) is 23.4 Å². The molecule has 0 amide bonds. The monoisotopic (exact) mass is 548 g/mol. The highest BCUT2D eigenvalue weighted by atomic mass is 35.5. The minimum absolute atomic E-state index is 0.206. The molecule has 4 rings (SSSR count). The van der Waals surface area contributed by atoms with Crippen LogP contribution in [0.15, 0.2) is 54.4 Å². The van der Waals surface area contributed by atoms with Crippen LogP contribution in [-0.4, -0.2) is 35.4 Å². The van der Waals surface area contributed by atoms with Crippen molar-refractivity contribution in [1.29, 1.82) is 0 Å². The highest BCUT2D eigenvalue weighted by Crippen LogP contribution is 2.44. The molecule has 5 N–H and O–H groups in total. The zero-order valence-electron chi connectivity index (χ0n) is 21.4. The number of hydrazine groups is 1. The Morgan fingerprint density at radius 1 is 1.16 bits per heavy atom. The van der Waals surface area contributed by atoms with Gasteiger partial charge in [0.05, 0.1) is 21.8 Å². The number of fused-ring (bicyclic) bond motifs is 1. The molecule has 204 valence electrons. The second-order valence-electron chi connectivity index (χ2n) is 9.62. The Morgan fingerprint density at radius 2 is 1.79 bits per heavy atom. The number of aliphatic hydroxyl groups is 1. The second kappa shape index (κ2) is 11.1. The maximum Gasteiger partial charge on any atom is 0.416 e. The molecule has 1 fully saturated rings. The molecule has 0 spiro atoms. The van der Waals surface area contributed by atoms with E-state index < -0.39 is 17.3 Å². The molecule has 1 atom stereocenters. The number of nitrogens with zero attached hydrogens (tertiary/aromatic N) is 2. The van der Waals surface area contributed by atoms with Gasteiger partial charge in [-0.2, -0.15) is 13.2 Å². The predicted molar refractivity (Wildman–Crippen MR) is 142 cm³/mol. The highest BCUT2D eigenvalue weighted by molar-refractivity contribution is 6.36. The Hall–Kier alpha value is -2.85. The largest absolute Gasteiger partial charge is 0.416 e. The molecule has 2 aromatic carbocycles. The summed E-state index contributed by atoms with van der Waals surface area (Å²) in [5.74, 6) is 5.88. The summed E-state index contributed by atoms with van der Waals surface area (Å²) in [5.41, 5.74) is 7.50. The van der Waals surface area contributed by atoms with Crippen molar-refractivity contribution in [3.8, 4) is 0 Å². The van der Waals surface area contributed by atoms with Gasteiger partial charge < -0.3 is 20.6 Å². The van der Waals surface area contributed by atoms with Gasteiger partial charge in [0.15, 0.2) is 0 Å². The van der Waals surface area contributed by atoms with Crippen LogP contribution < -0.4 is 11.6 Å². The summed E-state index contributed by atoms with van der Waals surface area (Å²) in [7, 11) is 1.62. The lowest BCUT2D eigenvalue weighted by molar-refractivity contribution is -0.137. The first-order chi connectivity index (χ1) is 18.0. The van der Waals surface area contributed by atoms with Crippen LogP contribution in [0.25, 0.3) is 10.9 Å². The van der Waals surface area contributed by atoms with Crippen LogP contribution >= 0.6 is 11.6 Å². The smallest absolute Gasteiger partial charge is 0.403 e. The van der Waals surface area contributed by atoms with E-state index in [9.17, 15) is 18.3 Å². The topological polar surface area (TPSA) is 97.6 Å². The number of benzene rings is 2. The third-order valence-electron chi connectivity index (χ3n) is 7.28. The molecule has 0 saturated carbocycles. The van der Waals surface area contributed by atoms with E-state index >= 15 is 0 Å². The van der Waals surface area contributed by atoms with Gasteiger partial charge in [-0.15, -0.1) is 0 Å². The minimum atomic E-state index is -4.40. The normalized spacial score (nSPS) is 17.0. The van der Waals surface area contributed by atoms with Crippen LogP contribution in [0.4, 0.5) is 13.2 Å². The molecule has 38 heavy (non-hydrogen) atoms. The molecule has 1 saturated heterocycles. The zero-order chi connectivity index (χ0) is 27.7. The summed E-state index contributed by atoms with van der Waals surface area (Å²) in [4.78, 5) is 4.80. The lowest BCUT2D eigenvalue weighted by Crippen LogP contribution is -2.47. The molecule has 1 aliphatic rings. The fraction of sp³-hybridized carbons (Fsp3) is 0.393. The van der Waals surface area contributed by atoms with Gasteiger partial charge in [-0.1, -0.05) is 36.7 Å². The van der Waals surface area contributed by atoms with E-state index in [4.69, 9.17) is 32.9 Å². The predicted octanol–water partition coefficient (Wildman–Crippen LogP) is 5.28. The zero-order valence-corrected chi connectivity index (χ0v) is 22.1. The van der Waals surface area contributed by atoms with Gasteiger partial charge in [0, 0.05) is 49.9 Å². The number of likely N-dealkylation sites (N-methyl/N-ethyl adjacent to an activating group) is 1. The van der Waals surface area contributed by atoms with Crippen molar-refractivity contribution in [2.45, 2.75) is 44.4 Å². The number of hydrogen-bond acceptors (Lipinski definition) is 6. The van der Waals surface area contributed by atoms with Gasteiger partial charge in [-0.25, -0.2) is 5.84 Å².